The van der Waals surface area contributed by atoms with Crippen LogP contribution in [0.25, 0.3) is 0 Å². The van der Waals surface area contributed by atoms with Gasteiger partial charge in [-0.15, -0.1) is 11.8 Å². The summed E-state index contributed by atoms with van der Waals surface area (Å²) in [5.41, 5.74) is 1.13. The first kappa shape index (κ1) is 11.6. The number of anilines is 1. The summed E-state index contributed by atoms with van der Waals surface area (Å²) in [7, 11) is 0. The van der Waals surface area contributed by atoms with E-state index in [0.717, 1.165) is 29.7 Å². The maximum Gasteiger partial charge on any atom is 0.142 e. The summed E-state index contributed by atoms with van der Waals surface area (Å²) in [5, 5.41) is 3.40. The molecule has 3 heteroatoms. The van der Waals surface area contributed by atoms with Crippen LogP contribution < -0.4 is 10.1 Å². The van der Waals surface area contributed by atoms with Crippen molar-refractivity contribution >= 4 is 17.4 Å². The van der Waals surface area contributed by atoms with Crippen LogP contribution in [0.1, 0.15) is 20.8 Å². The summed E-state index contributed by atoms with van der Waals surface area (Å²) < 4.78 is 5.74. The zero-order valence-corrected chi connectivity index (χ0v) is 10.9. The van der Waals surface area contributed by atoms with Crippen molar-refractivity contribution in [2.24, 2.45) is 5.92 Å². The van der Waals surface area contributed by atoms with E-state index in [9.17, 15) is 0 Å². The van der Waals surface area contributed by atoms with E-state index in [2.05, 4.69) is 44.3 Å². The first-order valence-corrected chi connectivity index (χ1v) is 6.81. The maximum atomic E-state index is 5.74. The highest BCUT2D eigenvalue weighted by molar-refractivity contribution is 7.99. The van der Waals surface area contributed by atoms with E-state index < -0.39 is 0 Å². The predicted octanol–water partition coefficient (Wildman–Crippen LogP) is 3.63. The van der Waals surface area contributed by atoms with Crippen LogP contribution in [0.3, 0.4) is 0 Å². The lowest BCUT2D eigenvalue weighted by molar-refractivity contribution is 0.226. The molecule has 0 aromatic heterocycles. The highest BCUT2D eigenvalue weighted by atomic mass is 32.2. The topological polar surface area (TPSA) is 21.3 Å². The summed E-state index contributed by atoms with van der Waals surface area (Å²) >= 11 is 1.91. The van der Waals surface area contributed by atoms with E-state index in [1.165, 1.54) is 4.90 Å². The molecule has 0 bridgehead atoms. The second kappa shape index (κ2) is 5.00. The summed E-state index contributed by atoms with van der Waals surface area (Å²) in [5.74, 6) is 2.87. The van der Waals surface area contributed by atoms with E-state index in [0.29, 0.717) is 0 Å². The molecule has 1 aromatic rings. The van der Waals surface area contributed by atoms with Crippen molar-refractivity contribution < 1.29 is 4.74 Å². The van der Waals surface area contributed by atoms with Gasteiger partial charge >= 0.3 is 0 Å². The molecule has 1 aromatic carbocycles. The molecule has 0 aliphatic carbocycles. The summed E-state index contributed by atoms with van der Waals surface area (Å²) in [6, 6.07) is 6.40. The van der Waals surface area contributed by atoms with Gasteiger partial charge < -0.3 is 10.1 Å². The first-order valence-electron chi connectivity index (χ1n) is 5.82. The molecular weight excluding hydrogens is 218 g/mol. The number of thioether (sulfide) groups is 1. The molecule has 1 N–H and O–H groups in total. The molecule has 0 amide bonds. The minimum absolute atomic E-state index is 0.265. The van der Waals surface area contributed by atoms with Crippen LogP contribution in [-0.4, -0.2) is 18.4 Å². The number of ether oxygens (including phenoxy) is 1. The van der Waals surface area contributed by atoms with E-state index in [-0.39, 0.29) is 6.10 Å². The van der Waals surface area contributed by atoms with E-state index >= 15 is 0 Å². The van der Waals surface area contributed by atoms with Crippen LogP contribution in [0.5, 0.6) is 5.75 Å². The van der Waals surface area contributed by atoms with Crippen molar-refractivity contribution in [1.82, 2.24) is 0 Å². The molecule has 16 heavy (non-hydrogen) atoms. The minimum Gasteiger partial charge on any atom is -0.487 e. The van der Waals surface area contributed by atoms with Gasteiger partial charge in [-0.25, -0.2) is 0 Å². The Bertz CT molecular complexity index is 365. The number of hydrogen-bond donors (Lipinski definition) is 1. The fraction of sp³-hybridized carbons (Fsp3) is 0.538. The lowest BCUT2D eigenvalue weighted by Crippen LogP contribution is -2.27. The van der Waals surface area contributed by atoms with Gasteiger partial charge in [-0.2, -0.15) is 0 Å². The van der Waals surface area contributed by atoms with Crippen molar-refractivity contribution in [3.8, 4) is 5.75 Å². The molecule has 2 nitrogen and oxygen atoms in total. The van der Waals surface area contributed by atoms with Gasteiger partial charge in [0.2, 0.25) is 0 Å². The molecule has 1 heterocycles. The zero-order chi connectivity index (χ0) is 11.5. The van der Waals surface area contributed by atoms with Gasteiger partial charge in [-0.3, -0.25) is 0 Å². The molecule has 1 aliphatic rings. The summed E-state index contributed by atoms with van der Waals surface area (Å²) in [6.45, 7) is 7.46. The quantitative estimate of drug-likeness (QED) is 0.811. The third-order valence-corrected chi connectivity index (χ3v) is 3.86. The largest absolute Gasteiger partial charge is 0.487 e. The Balaban J connectivity index is 2.07. The Labute approximate surface area is 102 Å². The molecular formula is C13H19NOS. The van der Waals surface area contributed by atoms with Crippen LogP contribution in [-0.2, 0) is 0 Å². The zero-order valence-electron chi connectivity index (χ0n) is 10.1. The molecule has 88 valence electrons. The lowest BCUT2D eigenvalue weighted by atomic mass is 10.2. The van der Waals surface area contributed by atoms with Crippen molar-refractivity contribution in [2.45, 2.75) is 31.8 Å². The van der Waals surface area contributed by atoms with Gasteiger partial charge in [0.15, 0.2) is 0 Å². The van der Waals surface area contributed by atoms with Gasteiger partial charge in [-0.05, 0) is 31.0 Å². The fourth-order valence-corrected chi connectivity index (χ4v) is 2.51. The Morgan fingerprint density at radius 1 is 1.50 bits per heavy atom. The number of benzene rings is 1. The van der Waals surface area contributed by atoms with Crippen LogP contribution in [0, 0.1) is 5.92 Å². The first-order chi connectivity index (χ1) is 7.65. The monoisotopic (exact) mass is 237 g/mol. The van der Waals surface area contributed by atoms with Gasteiger partial charge in [0.05, 0.1) is 12.2 Å². The van der Waals surface area contributed by atoms with Crippen LogP contribution in [0.15, 0.2) is 23.1 Å². The standard InChI is InChI=1S/C13H19NOS/c1-9(2)8-16-11-4-5-13-12(6-11)14-7-10(3)15-13/h4-6,9-10,14H,7-8H2,1-3H3. The van der Waals surface area contributed by atoms with Gasteiger partial charge in [-0.1, -0.05) is 13.8 Å². The van der Waals surface area contributed by atoms with Crippen molar-refractivity contribution in [2.75, 3.05) is 17.6 Å². The van der Waals surface area contributed by atoms with E-state index in [1.807, 2.05) is 11.8 Å². The molecule has 0 saturated heterocycles. The highest BCUT2D eigenvalue weighted by Gasteiger charge is 2.15. The molecule has 1 atom stereocenters. The van der Waals surface area contributed by atoms with Gasteiger partial charge in [0.25, 0.3) is 0 Å². The summed E-state index contributed by atoms with van der Waals surface area (Å²) in [6.07, 6.45) is 0.265. The third-order valence-electron chi connectivity index (χ3n) is 2.44. The molecule has 2 rings (SSSR count). The lowest BCUT2D eigenvalue weighted by Gasteiger charge is -2.25. The van der Waals surface area contributed by atoms with Crippen molar-refractivity contribution in [1.29, 1.82) is 0 Å². The average molecular weight is 237 g/mol. The Morgan fingerprint density at radius 3 is 3.06 bits per heavy atom. The number of nitrogens with one attached hydrogen (secondary N) is 1. The van der Waals surface area contributed by atoms with E-state index in [4.69, 9.17) is 4.74 Å². The molecule has 0 spiro atoms. The Morgan fingerprint density at radius 2 is 2.31 bits per heavy atom. The predicted molar refractivity (Wildman–Crippen MR) is 70.6 cm³/mol. The molecule has 0 saturated carbocycles. The Hall–Kier alpha value is -0.830. The number of fused-ring (bicyclic) bond motifs is 1. The second-order valence-electron chi connectivity index (χ2n) is 4.67. The molecule has 0 fully saturated rings. The van der Waals surface area contributed by atoms with Crippen molar-refractivity contribution in [3.63, 3.8) is 0 Å². The SMILES string of the molecule is CC(C)CSc1ccc2c(c1)NCC(C)O2. The smallest absolute Gasteiger partial charge is 0.142 e. The molecule has 1 aliphatic heterocycles. The van der Waals surface area contributed by atoms with Crippen LogP contribution in [0.4, 0.5) is 5.69 Å². The van der Waals surface area contributed by atoms with Crippen molar-refractivity contribution in [3.05, 3.63) is 18.2 Å². The number of rotatable bonds is 3. The molecule has 0 radical (unpaired) electrons. The van der Waals surface area contributed by atoms with Gasteiger partial charge in [0, 0.05) is 10.6 Å². The average Bonchev–Trinajstić information content (AvgIpc) is 2.26. The normalized spacial score (nSPS) is 18.9. The maximum absolute atomic E-state index is 5.74. The fourth-order valence-electron chi connectivity index (χ4n) is 1.61. The summed E-state index contributed by atoms with van der Waals surface area (Å²) in [4.78, 5) is 1.32. The second-order valence-corrected chi connectivity index (χ2v) is 5.77. The van der Waals surface area contributed by atoms with Gasteiger partial charge in [0.1, 0.15) is 11.9 Å². The highest BCUT2D eigenvalue weighted by Crippen LogP contribution is 2.33. The third kappa shape index (κ3) is 2.85. The van der Waals surface area contributed by atoms with E-state index in [1.54, 1.807) is 0 Å². The number of hydrogen-bond acceptors (Lipinski definition) is 3. The minimum atomic E-state index is 0.265. The Kier molecular flexibility index (Phi) is 3.64. The molecule has 1 unspecified atom stereocenters. The van der Waals surface area contributed by atoms with Crippen LogP contribution >= 0.6 is 11.8 Å². The van der Waals surface area contributed by atoms with Crippen LogP contribution in [0.2, 0.25) is 0 Å².